The number of benzene rings is 2. The first kappa shape index (κ1) is 18.2. The molecule has 26 heavy (non-hydrogen) atoms. The van der Waals surface area contributed by atoms with Gasteiger partial charge in [0.15, 0.2) is 5.16 Å². The molecule has 1 amide bonds. The van der Waals surface area contributed by atoms with Gasteiger partial charge in [0.1, 0.15) is 6.33 Å². The zero-order valence-corrected chi connectivity index (χ0v) is 15.7. The van der Waals surface area contributed by atoms with E-state index in [1.165, 1.54) is 17.3 Å². The summed E-state index contributed by atoms with van der Waals surface area (Å²) < 4.78 is 1.92. The molecule has 0 aliphatic carbocycles. The zero-order valence-electron chi connectivity index (χ0n) is 14.9. The van der Waals surface area contributed by atoms with Crippen LogP contribution in [0, 0.1) is 6.92 Å². The van der Waals surface area contributed by atoms with Gasteiger partial charge in [-0.3, -0.25) is 9.36 Å². The number of para-hydroxylation sites is 1. The molecule has 0 aliphatic heterocycles. The molecule has 3 aromatic rings. The van der Waals surface area contributed by atoms with E-state index in [2.05, 4.69) is 27.6 Å². The highest BCUT2D eigenvalue weighted by Crippen LogP contribution is 2.25. The van der Waals surface area contributed by atoms with Gasteiger partial charge >= 0.3 is 0 Å². The maximum absolute atomic E-state index is 12.4. The Kier molecular flexibility index (Phi) is 6.07. The quantitative estimate of drug-likeness (QED) is 0.651. The van der Waals surface area contributed by atoms with Crippen molar-refractivity contribution in [2.75, 3.05) is 6.54 Å². The number of aromatic nitrogens is 3. The van der Waals surface area contributed by atoms with Gasteiger partial charge in [0.2, 0.25) is 5.91 Å². The lowest BCUT2D eigenvalue weighted by molar-refractivity contribution is -0.120. The van der Waals surface area contributed by atoms with Crippen molar-refractivity contribution >= 4 is 17.7 Å². The van der Waals surface area contributed by atoms with Gasteiger partial charge in [0.25, 0.3) is 0 Å². The smallest absolute Gasteiger partial charge is 0.233 e. The molecule has 0 spiro atoms. The molecule has 1 unspecified atom stereocenters. The fourth-order valence-corrected chi connectivity index (χ4v) is 3.49. The number of carbonyl (C=O) groups excluding carboxylic acids is 1. The summed E-state index contributed by atoms with van der Waals surface area (Å²) in [6.07, 6.45) is 2.51. The van der Waals surface area contributed by atoms with Crippen molar-refractivity contribution in [3.8, 4) is 5.69 Å². The Hall–Kier alpha value is -2.60. The Morgan fingerprint density at radius 1 is 1.15 bits per heavy atom. The molecule has 0 saturated heterocycles. The Morgan fingerprint density at radius 3 is 2.65 bits per heavy atom. The van der Waals surface area contributed by atoms with Crippen molar-refractivity contribution in [2.45, 2.75) is 30.7 Å². The number of nitrogens with one attached hydrogen (secondary N) is 1. The number of rotatable bonds is 7. The second-order valence-corrected chi connectivity index (χ2v) is 7.36. The molecule has 134 valence electrons. The molecule has 0 saturated carbocycles. The van der Waals surface area contributed by atoms with Crippen LogP contribution in [0.25, 0.3) is 5.69 Å². The lowest BCUT2D eigenvalue weighted by Gasteiger charge is -2.13. The first-order chi connectivity index (χ1) is 12.6. The van der Waals surface area contributed by atoms with E-state index in [1.54, 1.807) is 6.33 Å². The first-order valence-corrected chi connectivity index (χ1v) is 9.47. The van der Waals surface area contributed by atoms with Crippen molar-refractivity contribution in [1.82, 2.24) is 20.1 Å². The number of thioether (sulfide) groups is 1. The molecular formula is C20H22N4OS. The van der Waals surface area contributed by atoms with Gasteiger partial charge in [-0.25, -0.2) is 0 Å². The van der Waals surface area contributed by atoms with E-state index in [1.807, 2.05) is 60.9 Å². The van der Waals surface area contributed by atoms with E-state index in [0.717, 1.165) is 17.7 Å². The molecule has 0 bridgehead atoms. The summed E-state index contributed by atoms with van der Waals surface area (Å²) in [6, 6.07) is 18.2. The predicted molar refractivity (Wildman–Crippen MR) is 105 cm³/mol. The van der Waals surface area contributed by atoms with E-state index in [0.29, 0.717) is 11.7 Å². The van der Waals surface area contributed by atoms with Crippen molar-refractivity contribution < 1.29 is 4.79 Å². The summed E-state index contributed by atoms with van der Waals surface area (Å²) in [5, 5.41) is 11.7. The largest absolute Gasteiger partial charge is 0.355 e. The molecule has 1 aromatic heterocycles. The number of nitrogens with zero attached hydrogens (tertiary/aromatic N) is 3. The molecular weight excluding hydrogens is 344 g/mol. The summed E-state index contributed by atoms with van der Waals surface area (Å²) >= 11 is 1.41. The van der Waals surface area contributed by atoms with Crippen LogP contribution >= 0.6 is 11.8 Å². The third kappa shape index (κ3) is 4.52. The lowest BCUT2D eigenvalue weighted by Crippen LogP contribution is -2.32. The Labute approximate surface area is 157 Å². The Balaban J connectivity index is 1.58. The van der Waals surface area contributed by atoms with Gasteiger partial charge in [-0.05, 0) is 37.5 Å². The van der Waals surface area contributed by atoms with Crippen molar-refractivity contribution in [3.05, 3.63) is 72.1 Å². The number of amides is 1. The van der Waals surface area contributed by atoms with Gasteiger partial charge in [-0.1, -0.05) is 60.3 Å². The van der Waals surface area contributed by atoms with Crippen molar-refractivity contribution in [3.63, 3.8) is 0 Å². The second kappa shape index (κ2) is 8.67. The van der Waals surface area contributed by atoms with E-state index < -0.39 is 0 Å². The standard InChI is InChI=1S/C20H22N4OS/c1-15-8-6-7-11-18(15)24-14-22-23-20(24)26-16(2)19(25)21-13-12-17-9-4-3-5-10-17/h3-11,14,16H,12-13H2,1-2H3,(H,21,25). The van der Waals surface area contributed by atoms with Crippen LogP contribution in [0.5, 0.6) is 0 Å². The van der Waals surface area contributed by atoms with Crippen LogP contribution in [-0.4, -0.2) is 32.5 Å². The van der Waals surface area contributed by atoms with Gasteiger partial charge in [0.05, 0.1) is 10.9 Å². The van der Waals surface area contributed by atoms with E-state index in [9.17, 15) is 4.79 Å². The van der Waals surface area contributed by atoms with Crippen LogP contribution in [0.2, 0.25) is 0 Å². The van der Waals surface area contributed by atoms with Crippen LogP contribution in [0.3, 0.4) is 0 Å². The van der Waals surface area contributed by atoms with Crippen LogP contribution < -0.4 is 5.32 Å². The maximum Gasteiger partial charge on any atom is 0.233 e. The molecule has 1 heterocycles. The first-order valence-electron chi connectivity index (χ1n) is 8.59. The minimum absolute atomic E-state index is 0.00487. The summed E-state index contributed by atoms with van der Waals surface area (Å²) in [6.45, 7) is 4.56. The number of hydrogen-bond donors (Lipinski definition) is 1. The van der Waals surface area contributed by atoms with Crippen LogP contribution in [0.4, 0.5) is 0 Å². The van der Waals surface area contributed by atoms with Gasteiger partial charge < -0.3 is 5.32 Å². The summed E-state index contributed by atoms with van der Waals surface area (Å²) in [4.78, 5) is 12.4. The Morgan fingerprint density at radius 2 is 1.88 bits per heavy atom. The van der Waals surface area contributed by atoms with Gasteiger partial charge in [0, 0.05) is 6.54 Å². The normalized spacial score (nSPS) is 11.9. The third-order valence-electron chi connectivity index (χ3n) is 4.10. The second-order valence-electron chi connectivity index (χ2n) is 6.06. The SMILES string of the molecule is Cc1ccccc1-n1cnnc1SC(C)C(=O)NCCc1ccccc1. The molecule has 2 aromatic carbocycles. The molecule has 0 fully saturated rings. The van der Waals surface area contributed by atoms with Gasteiger partial charge in [-0.15, -0.1) is 10.2 Å². The minimum atomic E-state index is -0.252. The van der Waals surface area contributed by atoms with E-state index in [-0.39, 0.29) is 11.2 Å². The average Bonchev–Trinajstić information content (AvgIpc) is 3.10. The number of hydrogen-bond acceptors (Lipinski definition) is 4. The molecule has 0 aliphatic rings. The van der Waals surface area contributed by atoms with Crippen molar-refractivity contribution in [1.29, 1.82) is 0 Å². The Bertz CT molecular complexity index is 863. The average molecular weight is 366 g/mol. The van der Waals surface area contributed by atoms with Crippen LogP contribution in [-0.2, 0) is 11.2 Å². The molecule has 1 N–H and O–H groups in total. The summed E-state index contributed by atoms with van der Waals surface area (Å²) in [5.74, 6) is 0.00487. The lowest BCUT2D eigenvalue weighted by atomic mass is 10.1. The van der Waals surface area contributed by atoms with Crippen molar-refractivity contribution in [2.24, 2.45) is 0 Å². The monoisotopic (exact) mass is 366 g/mol. The molecule has 1 atom stereocenters. The highest BCUT2D eigenvalue weighted by atomic mass is 32.2. The molecule has 5 nitrogen and oxygen atoms in total. The van der Waals surface area contributed by atoms with Crippen LogP contribution in [0.15, 0.2) is 66.1 Å². The predicted octanol–water partition coefficient (Wildman–Crippen LogP) is 3.42. The third-order valence-corrected chi connectivity index (χ3v) is 5.16. The number of carbonyl (C=O) groups is 1. The molecule has 3 rings (SSSR count). The topological polar surface area (TPSA) is 59.8 Å². The highest BCUT2D eigenvalue weighted by molar-refractivity contribution is 8.00. The summed E-state index contributed by atoms with van der Waals surface area (Å²) in [5.41, 5.74) is 3.37. The maximum atomic E-state index is 12.4. The molecule has 0 radical (unpaired) electrons. The van der Waals surface area contributed by atoms with Gasteiger partial charge in [-0.2, -0.15) is 0 Å². The van der Waals surface area contributed by atoms with Crippen LogP contribution in [0.1, 0.15) is 18.1 Å². The minimum Gasteiger partial charge on any atom is -0.355 e. The highest BCUT2D eigenvalue weighted by Gasteiger charge is 2.18. The van der Waals surface area contributed by atoms with E-state index >= 15 is 0 Å². The molecule has 6 heteroatoms. The van der Waals surface area contributed by atoms with E-state index in [4.69, 9.17) is 0 Å². The number of aryl methyl sites for hydroxylation is 1. The fourth-order valence-electron chi connectivity index (χ4n) is 2.63. The summed E-state index contributed by atoms with van der Waals surface area (Å²) in [7, 11) is 0. The zero-order chi connectivity index (χ0) is 18.4. The fraction of sp³-hybridized carbons (Fsp3) is 0.250.